The maximum absolute atomic E-state index is 4.79. The first-order chi connectivity index (χ1) is 4.29. The van der Waals surface area contributed by atoms with E-state index >= 15 is 0 Å². The summed E-state index contributed by atoms with van der Waals surface area (Å²) in [6.45, 7) is 4.36. The Morgan fingerprint density at radius 2 is 2.44 bits per heavy atom. The molecule has 0 aliphatic heterocycles. The van der Waals surface area contributed by atoms with Gasteiger partial charge in [-0.3, -0.25) is 0 Å². The molecule has 49 valence electrons. The minimum Gasteiger partial charge on any atom is -0.461 e. The monoisotopic (exact) mass is 123 g/mol. The Balaban J connectivity index is 2.48. The molecule has 1 aromatic heterocycles. The number of rotatable bonds is 2. The van der Waals surface area contributed by atoms with Crippen molar-refractivity contribution in [3.63, 3.8) is 0 Å². The Morgan fingerprint density at radius 3 is 2.89 bits per heavy atom. The van der Waals surface area contributed by atoms with Gasteiger partial charge in [-0.15, -0.1) is 0 Å². The molecule has 1 nitrogen and oxygen atoms in total. The normalized spacial score (nSPS) is 10.6. The minimum absolute atomic E-state index is 0.693. The van der Waals surface area contributed by atoms with Gasteiger partial charge < -0.3 is 4.42 Å². The summed E-state index contributed by atoms with van der Waals surface area (Å²) in [5, 5.41) is 0. The first-order valence-electron chi connectivity index (χ1n) is 3.23. The van der Waals surface area contributed by atoms with Crippen LogP contribution in [0.15, 0.2) is 16.7 Å². The van der Waals surface area contributed by atoms with Crippen LogP contribution in [0.3, 0.4) is 0 Å². The molecule has 0 fully saturated rings. The summed E-state index contributed by atoms with van der Waals surface area (Å²) >= 11 is 0. The van der Waals surface area contributed by atoms with E-state index in [4.69, 9.17) is 4.42 Å². The van der Waals surface area contributed by atoms with E-state index in [9.17, 15) is 0 Å². The molecule has 9 heavy (non-hydrogen) atoms. The first kappa shape index (κ1) is 6.40. The molecule has 0 atom stereocenters. The molecule has 0 bridgehead atoms. The second kappa shape index (κ2) is 2.72. The highest BCUT2D eigenvalue weighted by atomic mass is 16.3. The SMILES string of the molecule is CC(C)Cc1[c]occ1. The van der Waals surface area contributed by atoms with Crippen molar-refractivity contribution in [1.29, 1.82) is 0 Å². The van der Waals surface area contributed by atoms with Crippen LogP contribution in [0.4, 0.5) is 0 Å². The summed E-state index contributed by atoms with van der Waals surface area (Å²) in [7, 11) is 0. The zero-order chi connectivity index (χ0) is 6.69. The highest BCUT2D eigenvalue weighted by Gasteiger charge is 1.97. The zero-order valence-electron chi connectivity index (χ0n) is 5.85. The van der Waals surface area contributed by atoms with Gasteiger partial charge in [-0.2, -0.15) is 0 Å². The summed E-state index contributed by atoms with van der Waals surface area (Å²) in [5.41, 5.74) is 1.17. The summed E-state index contributed by atoms with van der Waals surface area (Å²) in [6.07, 6.45) is 5.52. The van der Waals surface area contributed by atoms with Crippen molar-refractivity contribution < 1.29 is 4.42 Å². The molecular formula is C8H11O. The van der Waals surface area contributed by atoms with Crippen molar-refractivity contribution in [3.8, 4) is 0 Å². The third kappa shape index (κ3) is 1.92. The van der Waals surface area contributed by atoms with Crippen LogP contribution in [0.25, 0.3) is 0 Å². The van der Waals surface area contributed by atoms with Crippen LogP contribution >= 0.6 is 0 Å². The van der Waals surface area contributed by atoms with E-state index in [1.54, 1.807) is 6.26 Å². The Hall–Kier alpha value is -0.720. The van der Waals surface area contributed by atoms with E-state index in [-0.39, 0.29) is 0 Å². The van der Waals surface area contributed by atoms with Crippen LogP contribution in [-0.2, 0) is 6.42 Å². The fraction of sp³-hybridized carbons (Fsp3) is 0.500. The van der Waals surface area contributed by atoms with Crippen LogP contribution in [0.2, 0.25) is 0 Å². The molecule has 1 heterocycles. The van der Waals surface area contributed by atoms with Crippen molar-refractivity contribution in [2.45, 2.75) is 20.3 Å². The van der Waals surface area contributed by atoms with E-state index in [2.05, 4.69) is 20.1 Å². The molecule has 0 saturated carbocycles. The van der Waals surface area contributed by atoms with Crippen molar-refractivity contribution in [2.75, 3.05) is 0 Å². The Bertz CT molecular complexity index is 151. The lowest BCUT2D eigenvalue weighted by molar-refractivity contribution is 0.548. The molecule has 0 aliphatic rings. The van der Waals surface area contributed by atoms with Gasteiger partial charge >= 0.3 is 0 Å². The largest absolute Gasteiger partial charge is 0.461 e. The highest BCUT2D eigenvalue weighted by molar-refractivity contribution is 5.03. The predicted octanol–water partition coefficient (Wildman–Crippen LogP) is 2.28. The van der Waals surface area contributed by atoms with Gasteiger partial charge in [-0.05, 0) is 18.4 Å². The lowest BCUT2D eigenvalue weighted by Gasteiger charge is -1.97. The van der Waals surface area contributed by atoms with Gasteiger partial charge in [0.2, 0.25) is 0 Å². The summed E-state index contributed by atoms with van der Waals surface area (Å²) in [4.78, 5) is 0. The molecular weight excluding hydrogens is 112 g/mol. The van der Waals surface area contributed by atoms with Gasteiger partial charge in [0.25, 0.3) is 0 Å². The Labute approximate surface area is 55.7 Å². The van der Waals surface area contributed by atoms with Crippen molar-refractivity contribution in [2.24, 2.45) is 5.92 Å². The molecule has 1 aromatic rings. The number of furan rings is 1. The molecule has 0 saturated heterocycles. The molecule has 1 rings (SSSR count). The molecule has 0 aromatic carbocycles. The van der Waals surface area contributed by atoms with Crippen molar-refractivity contribution >= 4 is 0 Å². The highest BCUT2D eigenvalue weighted by Crippen LogP contribution is 2.06. The molecule has 0 unspecified atom stereocenters. The van der Waals surface area contributed by atoms with Crippen LogP contribution in [-0.4, -0.2) is 0 Å². The minimum atomic E-state index is 0.693. The number of hydrogen-bond acceptors (Lipinski definition) is 1. The molecule has 1 heteroatoms. The van der Waals surface area contributed by atoms with Gasteiger partial charge in [0.05, 0.1) is 6.26 Å². The van der Waals surface area contributed by atoms with E-state index in [0.29, 0.717) is 5.92 Å². The fourth-order valence-corrected chi connectivity index (χ4v) is 0.809. The molecule has 0 N–H and O–H groups in total. The first-order valence-corrected chi connectivity index (χ1v) is 3.23. The van der Waals surface area contributed by atoms with E-state index in [1.807, 2.05) is 6.07 Å². The lowest BCUT2D eigenvalue weighted by atomic mass is 10.1. The molecule has 0 aliphatic carbocycles. The van der Waals surface area contributed by atoms with Gasteiger partial charge in [-0.1, -0.05) is 13.8 Å². The second-order valence-electron chi connectivity index (χ2n) is 2.65. The van der Waals surface area contributed by atoms with E-state index in [0.717, 1.165) is 6.42 Å². The molecule has 0 spiro atoms. The lowest BCUT2D eigenvalue weighted by Crippen LogP contribution is -1.90. The summed E-state index contributed by atoms with van der Waals surface area (Å²) in [5.74, 6) is 0.693. The standard InChI is InChI=1S/C8H11O/c1-7(2)5-8-3-4-9-6-8/h3-4,7H,5H2,1-2H3. The summed E-state index contributed by atoms with van der Waals surface area (Å²) < 4.78 is 4.79. The number of hydrogen-bond donors (Lipinski definition) is 0. The average molecular weight is 123 g/mol. The van der Waals surface area contributed by atoms with Gasteiger partial charge in [0.1, 0.15) is 0 Å². The van der Waals surface area contributed by atoms with Crippen LogP contribution in [0, 0.1) is 12.2 Å². The maximum Gasteiger partial charge on any atom is 0.172 e. The molecule has 1 radical (unpaired) electrons. The third-order valence-corrected chi connectivity index (χ3v) is 1.16. The van der Waals surface area contributed by atoms with Crippen LogP contribution < -0.4 is 0 Å². The maximum atomic E-state index is 4.79. The summed E-state index contributed by atoms with van der Waals surface area (Å²) in [6, 6.07) is 1.96. The van der Waals surface area contributed by atoms with Crippen LogP contribution in [0.1, 0.15) is 19.4 Å². The van der Waals surface area contributed by atoms with Gasteiger partial charge in [-0.25, -0.2) is 0 Å². The van der Waals surface area contributed by atoms with Gasteiger partial charge in [0.15, 0.2) is 6.26 Å². The Kier molecular flexibility index (Phi) is 1.93. The van der Waals surface area contributed by atoms with Crippen LogP contribution in [0.5, 0.6) is 0 Å². The fourth-order valence-electron chi connectivity index (χ4n) is 0.809. The van der Waals surface area contributed by atoms with Gasteiger partial charge in [0, 0.05) is 5.56 Å². The van der Waals surface area contributed by atoms with Crippen molar-refractivity contribution in [3.05, 3.63) is 24.2 Å². The topological polar surface area (TPSA) is 13.1 Å². The molecule has 0 amide bonds. The smallest absolute Gasteiger partial charge is 0.172 e. The quantitative estimate of drug-likeness (QED) is 0.588. The second-order valence-corrected chi connectivity index (χ2v) is 2.65. The average Bonchev–Trinajstić information content (AvgIpc) is 2.15. The Morgan fingerprint density at radius 1 is 1.67 bits per heavy atom. The third-order valence-electron chi connectivity index (χ3n) is 1.16. The zero-order valence-corrected chi connectivity index (χ0v) is 5.85. The van der Waals surface area contributed by atoms with Crippen molar-refractivity contribution in [1.82, 2.24) is 0 Å². The van der Waals surface area contributed by atoms with E-state index in [1.165, 1.54) is 5.56 Å². The predicted molar refractivity (Wildman–Crippen MR) is 36.1 cm³/mol. The van der Waals surface area contributed by atoms with E-state index < -0.39 is 0 Å².